The van der Waals surface area contributed by atoms with Gasteiger partial charge in [-0.15, -0.1) is 0 Å². The number of hydrogen-bond donors (Lipinski definition) is 7. The SMILES string of the molecule is C[C@@H]1O[C@@H](O[C@H]2C(=O)[C@@H](O)[C@H](C)O[C@@H]2c2c(O)cc(O)c3c(=O)cc(-c4ccc(O)cc4)oc23)[C@H](O)[C@H](O)[C@H]1O. The Morgan fingerprint density at radius 1 is 0.800 bits per heavy atom. The van der Waals surface area contributed by atoms with E-state index in [2.05, 4.69) is 0 Å². The minimum atomic E-state index is -1.81. The Hall–Kier alpha value is -3.56. The van der Waals surface area contributed by atoms with Crippen LogP contribution in [-0.4, -0.2) is 90.5 Å². The minimum Gasteiger partial charge on any atom is -0.508 e. The number of phenols is 3. The predicted molar refractivity (Wildman–Crippen MR) is 134 cm³/mol. The van der Waals surface area contributed by atoms with Crippen molar-refractivity contribution in [3.63, 3.8) is 0 Å². The first kappa shape index (κ1) is 28.0. The zero-order valence-corrected chi connectivity index (χ0v) is 21.2. The molecule has 214 valence electrons. The number of rotatable bonds is 4. The molecule has 0 unspecified atom stereocenters. The lowest BCUT2D eigenvalue weighted by Crippen LogP contribution is -2.60. The monoisotopic (exact) mass is 560 g/mol. The molecule has 0 aliphatic carbocycles. The molecule has 2 saturated heterocycles. The van der Waals surface area contributed by atoms with Gasteiger partial charge in [-0.3, -0.25) is 9.59 Å². The first-order valence-electron chi connectivity index (χ1n) is 12.4. The van der Waals surface area contributed by atoms with Crippen molar-refractivity contribution in [2.24, 2.45) is 0 Å². The standard InChI is InChI=1S/C27H28O13/c1-9-20(33)22(35)26(40-27-23(36)21(34)19(32)10(2)38-27)25(37-9)18-14(30)7-13(29)17-15(31)8-16(39-24(17)18)11-3-5-12(28)6-4-11/h3-10,19-21,23,25-30,32-34,36H,1-2H3/t9-,10-,19-,20-,21+,23+,25+,26-,27-/m0/s1. The van der Waals surface area contributed by atoms with Crippen LogP contribution in [0.1, 0.15) is 25.5 Å². The van der Waals surface area contributed by atoms with Crippen LogP contribution in [0.3, 0.4) is 0 Å². The molecule has 40 heavy (non-hydrogen) atoms. The number of ether oxygens (including phenoxy) is 3. The van der Waals surface area contributed by atoms with Crippen molar-refractivity contribution in [2.75, 3.05) is 0 Å². The molecule has 13 heteroatoms. The van der Waals surface area contributed by atoms with Crippen LogP contribution < -0.4 is 5.43 Å². The lowest BCUT2D eigenvalue weighted by atomic mass is 9.90. The largest absolute Gasteiger partial charge is 0.508 e. The first-order valence-corrected chi connectivity index (χ1v) is 12.4. The Balaban J connectivity index is 1.66. The summed E-state index contributed by atoms with van der Waals surface area (Å²) in [4.78, 5) is 26.4. The van der Waals surface area contributed by atoms with Crippen LogP contribution in [0.5, 0.6) is 17.2 Å². The summed E-state index contributed by atoms with van der Waals surface area (Å²) in [5.41, 5.74) is -0.964. The molecule has 0 saturated carbocycles. The number of hydrogen-bond acceptors (Lipinski definition) is 13. The third kappa shape index (κ3) is 4.71. The molecular weight excluding hydrogens is 532 g/mol. The molecule has 5 rings (SSSR count). The van der Waals surface area contributed by atoms with Gasteiger partial charge in [0.25, 0.3) is 0 Å². The Bertz CT molecular complexity index is 1480. The first-order chi connectivity index (χ1) is 18.9. The highest BCUT2D eigenvalue weighted by atomic mass is 16.7. The number of ketones is 1. The summed E-state index contributed by atoms with van der Waals surface area (Å²) in [6.07, 6.45) is -13.8. The van der Waals surface area contributed by atoms with Gasteiger partial charge in [0.05, 0.1) is 17.8 Å². The number of carbonyl (C=O) groups excluding carboxylic acids is 1. The summed E-state index contributed by atoms with van der Waals surface area (Å²) in [7, 11) is 0. The van der Waals surface area contributed by atoms with E-state index in [1.54, 1.807) is 0 Å². The van der Waals surface area contributed by atoms with Crippen molar-refractivity contribution in [2.45, 2.75) is 69.0 Å². The van der Waals surface area contributed by atoms with Crippen LogP contribution in [0.4, 0.5) is 0 Å². The molecule has 7 N–H and O–H groups in total. The van der Waals surface area contributed by atoms with Crippen LogP contribution >= 0.6 is 0 Å². The zero-order chi connectivity index (χ0) is 29.0. The molecule has 2 aliphatic heterocycles. The van der Waals surface area contributed by atoms with E-state index in [-0.39, 0.29) is 28.0 Å². The van der Waals surface area contributed by atoms with Crippen LogP contribution in [0.15, 0.2) is 45.6 Å². The van der Waals surface area contributed by atoms with Gasteiger partial charge in [-0.05, 0) is 38.1 Å². The van der Waals surface area contributed by atoms with Gasteiger partial charge in [-0.1, -0.05) is 0 Å². The highest BCUT2D eigenvalue weighted by Crippen LogP contribution is 2.44. The molecule has 9 atom stereocenters. The Kier molecular flexibility index (Phi) is 7.31. The summed E-state index contributed by atoms with van der Waals surface area (Å²) in [6.45, 7) is 2.79. The number of phenolic OH excluding ortho intramolecular Hbond substituents is 3. The molecule has 0 radical (unpaired) electrons. The van der Waals surface area contributed by atoms with Gasteiger partial charge in [0.15, 0.2) is 29.2 Å². The van der Waals surface area contributed by atoms with Gasteiger partial charge in [0.1, 0.15) is 58.9 Å². The molecule has 3 heterocycles. The van der Waals surface area contributed by atoms with Crippen molar-refractivity contribution in [1.29, 1.82) is 0 Å². The number of fused-ring (bicyclic) bond motifs is 1. The van der Waals surface area contributed by atoms with Gasteiger partial charge in [0.2, 0.25) is 0 Å². The summed E-state index contributed by atoms with van der Waals surface area (Å²) < 4.78 is 23.0. The molecule has 1 aromatic heterocycles. The second-order valence-corrected chi connectivity index (χ2v) is 9.90. The highest BCUT2D eigenvalue weighted by molar-refractivity contribution is 5.93. The van der Waals surface area contributed by atoms with Crippen molar-refractivity contribution >= 4 is 16.8 Å². The molecule has 13 nitrogen and oxygen atoms in total. The van der Waals surface area contributed by atoms with E-state index in [9.17, 15) is 45.3 Å². The van der Waals surface area contributed by atoms with Gasteiger partial charge in [0, 0.05) is 17.7 Å². The normalized spacial score (nSPS) is 32.9. The average molecular weight is 561 g/mol. The molecule has 3 aromatic rings. The third-order valence-corrected chi connectivity index (χ3v) is 7.18. The van der Waals surface area contributed by atoms with Crippen molar-refractivity contribution in [1.82, 2.24) is 0 Å². The van der Waals surface area contributed by atoms with Crippen LogP contribution in [-0.2, 0) is 19.0 Å². The number of Topliss-reactive ketones (excluding diaryl/α,β-unsaturated/α-hetero) is 1. The molecule has 2 aliphatic rings. The van der Waals surface area contributed by atoms with Gasteiger partial charge < -0.3 is 54.4 Å². The second kappa shape index (κ2) is 10.4. The fourth-order valence-electron chi connectivity index (χ4n) is 4.92. The van der Waals surface area contributed by atoms with Gasteiger partial charge >= 0.3 is 0 Å². The lowest BCUT2D eigenvalue weighted by molar-refractivity contribution is -0.314. The Labute approximate surface area is 226 Å². The van der Waals surface area contributed by atoms with E-state index in [0.717, 1.165) is 12.1 Å². The summed E-state index contributed by atoms with van der Waals surface area (Å²) in [5.74, 6) is -2.23. The molecule has 0 amide bonds. The topological polar surface area (TPSA) is 217 Å². The van der Waals surface area contributed by atoms with Crippen molar-refractivity contribution < 1.29 is 59.2 Å². The quantitative estimate of drug-likeness (QED) is 0.227. The van der Waals surface area contributed by atoms with E-state index < -0.39 is 77.8 Å². The Morgan fingerprint density at radius 2 is 1.48 bits per heavy atom. The molecular formula is C27H28O13. The second-order valence-electron chi connectivity index (χ2n) is 9.90. The third-order valence-electron chi connectivity index (χ3n) is 7.18. The van der Waals surface area contributed by atoms with Crippen molar-refractivity contribution in [3.05, 3.63) is 52.2 Å². The van der Waals surface area contributed by atoms with Crippen LogP contribution in [0, 0.1) is 0 Å². The van der Waals surface area contributed by atoms with Gasteiger partial charge in [-0.2, -0.15) is 0 Å². The maximum Gasteiger partial charge on any atom is 0.197 e. The summed E-state index contributed by atoms with van der Waals surface area (Å²) >= 11 is 0. The van der Waals surface area contributed by atoms with Crippen LogP contribution in [0.25, 0.3) is 22.3 Å². The number of carbonyl (C=O) groups is 1. The predicted octanol–water partition coefficient (Wildman–Crippen LogP) is 0.179. The summed E-state index contributed by atoms with van der Waals surface area (Å²) in [6, 6.07) is 7.62. The van der Waals surface area contributed by atoms with Crippen LogP contribution in [0.2, 0.25) is 0 Å². The number of aromatic hydroxyl groups is 3. The minimum absolute atomic E-state index is 0.00610. The molecule has 0 bridgehead atoms. The fraction of sp³-hybridized carbons (Fsp3) is 0.407. The highest BCUT2D eigenvalue weighted by Gasteiger charge is 2.50. The maximum atomic E-state index is 13.3. The number of benzene rings is 2. The average Bonchev–Trinajstić information content (AvgIpc) is 2.90. The summed E-state index contributed by atoms with van der Waals surface area (Å²) in [5, 5.41) is 71.9. The van der Waals surface area contributed by atoms with Gasteiger partial charge in [-0.25, -0.2) is 0 Å². The van der Waals surface area contributed by atoms with E-state index >= 15 is 0 Å². The lowest BCUT2D eigenvalue weighted by Gasteiger charge is -2.43. The number of aliphatic hydroxyl groups is 4. The van der Waals surface area contributed by atoms with Crippen molar-refractivity contribution in [3.8, 4) is 28.6 Å². The molecule has 0 spiro atoms. The smallest absolute Gasteiger partial charge is 0.197 e. The molecule has 2 aromatic carbocycles. The maximum absolute atomic E-state index is 13.3. The van der Waals surface area contributed by atoms with E-state index in [0.29, 0.717) is 5.56 Å². The van der Waals surface area contributed by atoms with E-state index in [1.165, 1.54) is 38.1 Å². The Morgan fingerprint density at radius 3 is 2.15 bits per heavy atom. The number of aliphatic hydroxyl groups excluding tert-OH is 4. The van der Waals surface area contributed by atoms with E-state index in [1.807, 2.05) is 0 Å². The zero-order valence-electron chi connectivity index (χ0n) is 21.2. The fourth-order valence-corrected chi connectivity index (χ4v) is 4.92. The molecule has 2 fully saturated rings. The van der Waals surface area contributed by atoms with E-state index in [4.69, 9.17) is 18.6 Å².